The van der Waals surface area contributed by atoms with Gasteiger partial charge in [0.2, 0.25) is 5.91 Å². The Morgan fingerprint density at radius 1 is 1.45 bits per heavy atom. The molecule has 0 atom stereocenters. The van der Waals surface area contributed by atoms with Gasteiger partial charge in [0, 0.05) is 48.9 Å². The van der Waals surface area contributed by atoms with Gasteiger partial charge in [0.1, 0.15) is 0 Å². The second kappa shape index (κ2) is 7.00. The first kappa shape index (κ1) is 14.5. The Hall–Kier alpha value is -1.95. The lowest BCUT2D eigenvalue weighted by Crippen LogP contribution is -2.28. The van der Waals surface area contributed by atoms with Crippen molar-refractivity contribution >= 4 is 17.2 Å². The van der Waals surface area contributed by atoms with Crippen molar-refractivity contribution in [3.05, 3.63) is 50.8 Å². The second-order valence-corrected chi connectivity index (χ2v) is 5.29. The fourth-order valence-corrected chi connectivity index (χ4v) is 2.61. The van der Waals surface area contributed by atoms with E-state index in [4.69, 9.17) is 0 Å². The van der Waals surface area contributed by atoms with E-state index in [0.29, 0.717) is 25.9 Å². The number of nitrogens with zero attached hydrogens (tertiary/aromatic N) is 2. The summed E-state index contributed by atoms with van der Waals surface area (Å²) in [6, 6.07) is 5.72. The van der Waals surface area contributed by atoms with Crippen molar-refractivity contribution in [2.75, 3.05) is 6.54 Å². The first-order valence-electron chi connectivity index (χ1n) is 6.48. The maximum absolute atomic E-state index is 11.7. The van der Waals surface area contributed by atoms with Crippen LogP contribution in [0, 0.1) is 6.92 Å². The molecule has 0 bridgehead atoms. The van der Waals surface area contributed by atoms with Crippen LogP contribution in [0.15, 0.2) is 34.6 Å². The Morgan fingerprint density at radius 3 is 2.95 bits per heavy atom. The molecule has 106 valence electrons. The molecule has 0 aromatic carbocycles. The van der Waals surface area contributed by atoms with Gasteiger partial charge in [-0.15, -0.1) is 0 Å². The highest BCUT2D eigenvalue weighted by atomic mass is 32.1. The van der Waals surface area contributed by atoms with Crippen LogP contribution in [-0.2, 0) is 17.8 Å². The van der Waals surface area contributed by atoms with Crippen LogP contribution in [0.1, 0.15) is 17.8 Å². The van der Waals surface area contributed by atoms with Crippen LogP contribution >= 0.6 is 11.3 Å². The lowest BCUT2D eigenvalue weighted by molar-refractivity contribution is -0.121. The van der Waals surface area contributed by atoms with Gasteiger partial charge in [-0.05, 0) is 19.1 Å². The van der Waals surface area contributed by atoms with E-state index in [2.05, 4.69) is 10.3 Å². The standard InChI is InChI=1S/C14H17N3O2S/c1-11-10-20-14(19)17(11)9-6-13(18)16-8-5-12-4-2-3-7-15-12/h2-4,7,10H,5-6,8-9H2,1H3,(H,16,18). The third-order valence-electron chi connectivity index (χ3n) is 2.97. The molecule has 2 aromatic heterocycles. The number of carbonyl (C=O) groups excluding carboxylic acids is 1. The molecule has 2 heterocycles. The zero-order chi connectivity index (χ0) is 14.4. The number of hydrogen-bond donors (Lipinski definition) is 1. The number of thiazole rings is 1. The van der Waals surface area contributed by atoms with E-state index in [9.17, 15) is 9.59 Å². The van der Waals surface area contributed by atoms with Crippen molar-refractivity contribution in [2.24, 2.45) is 0 Å². The Labute approximate surface area is 121 Å². The highest BCUT2D eigenvalue weighted by Crippen LogP contribution is 2.00. The van der Waals surface area contributed by atoms with Crippen molar-refractivity contribution in [3.63, 3.8) is 0 Å². The highest BCUT2D eigenvalue weighted by Gasteiger charge is 2.06. The Balaban J connectivity index is 1.72. The van der Waals surface area contributed by atoms with Gasteiger partial charge in [-0.2, -0.15) is 0 Å². The molecule has 6 heteroatoms. The lowest BCUT2D eigenvalue weighted by atomic mass is 10.2. The summed E-state index contributed by atoms with van der Waals surface area (Å²) >= 11 is 1.17. The van der Waals surface area contributed by atoms with Crippen LogP contribution in [0.4, 0.5) is 0 Å². The first-order valence-corrected chi connectivity index (χ1v) is 7.36. The Bertz CT molecular complexity index is 619. The number of pyridine rings is 1. The Kier molecular flexibility index (Phi) is 5.06. The molecule has 0 spiro atoms. The molecule has 0 aliphatic rings. The minimum atomic E-state index is -0.0431. The van der Waals surface area contributed by atoms with Crippen LogP contribution in [-0.4, -0.2) is 22.0 Å². The fraction of sp³-hybridized carbons (Fsp3) is 0.357. The maximum atomic E-state index is 11.7. The predicted molar refractivity (Wildman–Crippen MR) is 78.9 cm³/mol. The van der Waals surface area contributed by atoms with Crippen molar-refractivity contribution in [1.29, 1.82) is 0 Å². The minimum Gasteiger partial charge on any atom is -0.356 e. The van der Waals surface area contributed by atoms with Gasteiger partial charge >= 0.3 is 4.87 Å². The van der Waals surface area contributed by atoms with Gasteiger partial charge in [-0.1, -0.05) is 17.4 Å². The summed E-state index contributed by atoms with van der Waals surface area (Å²) in [6.07, 6.45) is 2.77. The fourth-order valence-electron chi connectivity index (χ4n) is 1.85. The van der Waals surface area contributed by atoms with E-state index in [1.165, 1.54) is 11.3 Å². The maximum Gasteiger partial charge on any atom is 0.307 e. The van der Waals surface area contributed by atoms with Gasteiger partial charge < -0.3 is 9.88 Å². The van der Waals surface area contributed by atoms with E-state index in [1.54, 1.807) is 16.1 Å². The van der Waals surface area contributed by atoms with Crippen LogP contribution < -0.4 is 10.2 Å². The van der Waals surface area contributed by atoms with Gasteiger partial charge in [0.15, 0.2) is 0 Å². The molecular formula is C14H17N3O2S. The number of nitrogens with one attached hydrogen (secondary N) is 1. The lowest BCUT2D eigenvalue weighted by Gasteiger charge is -2.06. The van der Waals surface area contributed by atoms with Crippen LogP contribution in [0.3, 0.4) is 0 Å². The van der Waals surface area contributed by atoms with E-state index in [0.717, 1.165) is 11.4 Å². The summed E-state index contributed by atoms with van der Waals surface area (Å²) in [5.74, 6) is -0.0431. The van der Waals surface area contributed by atoms with Crippen molar-refractivity contribution in [2.45, 2.75) is 26.3 Å². The zero-order valence-corrected chi connectivity index (χ0v) is 12.2. The van der Waals surface area contributed by atoms with Gasteiger partial charge in [-0.25, -0.2) is 0 Å². The highest BCUT2D eigenvalue weighted by molar-refractivity contribution is 7.07. The molecule has 20 heavy (non-hydrogen) atoms. The summed E-state index contributed by atoms with van der Waals surface area (Å²) in [5.41, 5.74) is 1.86. The third kappa shape index (κ3) is 4.03. The quantitative estimate of drug-likeness (QED) is 0.874. The summed E-state index contributed by atoms with van der Waals surface area (Å²) in [6.45, 7) is 2.87. The largest absolute Gasteiger partial charge is 0.356 e. The number of rotatable bonds is 6. The number of amides is 1. The van der Waals surface area contributed by atoms with Crippen LogP contribution in [0.5, 0.6) is 0 Å². The van der Waals surface area contributed by atoms with E-state index in [1.807, 2.05) is 25.1 Å². The predicted octanol–water partition coefficient (Wildman–Crippen LogP) is 1.36. The molecule has 0 aliphatic heterocycles. The zero-order valence-electron chi connectivity index (χ0n) is 11.3. The number of aromatic nitrogens is 2. The normalized spacial score (nSPS) is 10.4. The monoisotopic (exact) mass is 291 g/mol. The van der Waals surface area contributed by atoms with Gasteiger partial charge in [-0.3, -0.25) is 14.6 Å². The third-order valence-corrected chi connectivity index (χ3v) is 3.85. The van der Waals surface area contributed by atoms with Crippen molar-refractivity contribution in [1.82, 2.24) is 14.9 Å². The first-order chi connectivity index (χ1) is 9.66. The molecule has 2 rings (SSSR count). The molecule has 1 amide bonds. The second-order valence-electron chi connectivity index (χ2n) is 4.47. The molecule has 5 nitrogen and oxygen atoms in total. The number of hydrogen-bond acceptors (Lipinski definition) is 4. The summed E-state index contributed by atoms with van der Waals surface area (Å²) in [5, 5.41) is 4.65. The Morgan fingerprint density at radius 2 is 2.30 bits per heavy atom. The molecule has 1 N–H and O–H groups in total. The summed E-state index contributed by atoms with van der Waals surface area (Å²) < 4.78 is 1.63. The van der Waals surface area contributed by atoms with Gasteiger partial charge in [0.25, 0.3) is 0 Å². The number of carbonyl (C=O) groups is 1. The van der Waals surface area contributed by atoms with Gasteiger partial charge in [0.05, 0.1) is 0 Å². The average Bonchev–Trinajstić information content (AvgIpc) is 2.77. The van der Waals surface area contributed by atoms with Crippen LogP contribution in [0.25, 0.3) is 0 Å². The molecule has 0 saturated heterocycles. The number of aryl methyl sites for hydroxylation is 1. The molecule has 0 fully saturated rings. The molecule has 0 unspecified atom stereocenters. The van der Waals surface area contributed by atoms with E-state index in [-0.39, 0.29) is 10.8 Å². The molecular weight excluding hydrogens is 274 g/mol. The molecule has 2 aromatic rings. The smallest absolute Gasteiger partial charge is 0.307 e. The summed E-state index contributed by atoms with van der Waals surface area (Å²) in [7, 11) is 0. The van der Waals surface area contributed by atoms with E-state index >= 15 is 0 Å². The summed E-state index contributed by atoms with van der Waals surface area (Å²) in [4.78, 5) is 27.4. The van der Waals surface area contributed by atoms with Crippen molar-refractivity contribution in [3.8, 4) is 0 Å². The molecule has 0 aliphatic carbocycles. The average molecular weight is 291 g/mol. The minimum absolute atomic E-state index is 0.0104. The topological polar surface area (TPSA) is 64.0 Å². The van der Waals surface area contributed by atoms with Crippen LogP contribution in [0.2, 0.25) is 0 Å². The molecule has 0 radical (unpaired) electrons. The molecule has 0 saturated carbocycles. The SMILES string of the molecule is Cc1csc(=O)n1CCC(=O)NCCc1ccccn1. The van der Waals surface area contributed by atoms with E-state index < -0.39 is 0 Å². The van der Waals surface area contributed by atoms with Crippen molar-refractivity contribution < 1.29 is 4.79 Å².